The van der Waals surface area contributed by atoms with Crippen molar-refractivity contribution in [2.24, 2.45) is 21.1 Å². The van der Waals surface area contributed by atoms with Gasteiger partial charge in [0, 0.05) is 32.4 Å². The number of aryl methyl sites for hydroxylation is 2. The fraction of sp³-hybridized carbons (Fsp3) is 0.278. The average Bonchev–Trinajstić information content (AvgIpc) is 3.00. The van der Waals surface area contributed by atoms with E-state index in [4.69, 9.17) is 0 Å². The first-order valence-electron chi connectivity index (χ1n) is 8.36. The van der Waals surface area contributed by atoms with Crippen LogP contribution in [0.1, 0.15) is 17.3 Å². The minimum atomic E-state index is -0.463. The third-order valence-corrected chi connectivity index (χ3v) is 5.35. The predicted octanol–water partition coefficient (Wildman–Crippen LogP) is 0.904. The number of aromatic nitrogens is 4. The van der Waals surface area contributed by atoms with Crippen molar-refractivity contribution in [1.82, 2.24) is 18.7 Å². The molecule has 2 heterocycles. The van der Waals surface area contributed by atoms with E-state index in [9.17, 15) is 19.2 Å². The zero-order valence-corrected chi connectivity index (χ0v) is 16.7. The highest BCUT2D eigenvalue weighted by Gasteiger charge is 2.18. The topological polar surface area (TPSA) is 108 Å². The summed E-state index contributed by atoms with van der Waals surface area (Å²) in [5, 5.41) is 3.18. The number of hydrogen-bond donors (Lipinski definition) is 1. The third-order valence-electron chi connectivity index (χ3n) is 4.32. The number of rotatable bonds is 5. The number of nitrogens with zero attached hydrogens (tertiary/aromatic N) is 4. The van der Waals surface area contributed by atoms with E-state index in [0.29, 0.717) is 21.9 Å². The summed E-state index contributed by atoms with van der Waals surface area (Å²) >= 11 is 1.15. The number of amides is 1. The van der Waals surface area contributed by atoms with Crippen molar-refractivity contribution in [3.63, 3.8) is 0 Å². The molecule has 0 radical (unpaired) electrons. The molecule has 28 heavy (non-hydrogen) atoms. The number of benzene rings is 1. The lowest BCUT2D eigenvalue weighted by Gasteiger charge is -2.06. The second kappa shape index (κ2) is 7.47. The van der Waals surface area contributed by atoms with Crippen LogP contribution in [0, 0.1) is 0 Å². The molecule has 0 saturated heterocycles. The van der Waals surface area contributed by atoms with Crippen LogP contribution in [0.25, 0.3) is 11.2 Å². The van der Waals surface area contributed by atoms with Gasteiger partial charge in [-0.3, -0.25) is 23.5 Å². The Hall–Kier alpha value is -3.14. The summed E-state index contributed by atoms with van der Waals surface area (Å²) in [5.74, 6) is -0.313. The maximum Gasteiger partial charge on any atom is 0.332 e. The zero-order chi connectivity index (χ0) is 20.6. The molecule has 3 rings (SSSR count). The Kier molecular flexibility index (Phi) is 5.23. The molecule has 0 aliphatic heterocycles. The normalized spacial score (nSPS) is 11.0. The van der Waals surface area contributed by atoms with Gasteiger partial charge >= 0.3 is 5.69 Å². The van der Waals surface area contributed by atoms with Crippen LogP contribution in [-0.2, 0) is 25.9 Å². The van der Waals surface area contributed by atoms with Gasteiger partial charge in [0.15, 0.2) is 22.1 Å². The van der Waals surface area contributed by atoms with Crippen molar-refractivity contribution in [2.45, 2.75) is 12.1 Å². The molecule has 0 atom stereocenters. The van der Waals surface area contributed by atoms with Crippen molar-refractivity contribution < 1.29 is 9.59 Å². The van der Waals surface area contributed by atoms with Crippen LogP contribution in [0.2, 0.25) is 0 Å². The first-order chi connectivity index (χ1) is 13.2. The van der Waals surface area contributed by atoms with Crippen molar-refractivity contribution >= 4 is 40.3 Å². The molecule has 1 N–H and O–H groups in total. The molecule has 1 aromatic carbocycles. The van der Waals surface area contributed by atoms with Gasteiger partial charge < -0.3 is 9.88 Å². The van der Waals surface area contributed by atoms with Gasteiger partial charge in [-0.2, -0.15) is 0 Å². The fourth-order valence-corrected chi connectivity index (χ4v) is 3.54. The van der Waals surface area contributed by atoms with Gasteiger partial charge in [-0.1, -0.05) is 23.9 Å². The number of nitrogens with one attached hydrogen (secondary N) is 1. The molecule has 0 fully saturated rings. The molecule has 3 aromatic rings. The number of fused-ring (bicyclic) bond motifs is 1. The molecule has 9 nitrogen and oxygen atoms in total. The number of anilines is 1. The summed E-state index contributed by atoms with van der Waals surface area (Å²) in [6.07, 6.45) is 0. The monoisotopic (exact) mass is 401 g/mol. The van der Waals surface area contributed by atoms with Crippen molar-refractivity contribution in [1.29, 1.82) is 0 Å². The van der Waals surface area contributed by atoms with E-state index >= 15 is 0 Å². The molecular weight excluding hydrogens is 382 g/mol. The second-order valence-electron chi connectivity index (χ2n) is 6.31. The number of imidazole rings is 1. The van der Waals surface area contributed by atoms with E-state index in [1.165, 1.54) is 18.5 Å². The van der Waals surface area contributed by atoms with E-state index < -0.39 is 11.2 Å². The molecule has 0 bridgehead atoms. The maximum absolute atomic E-state index is 12.4. The Balaban J connectivity index is 1.80. The minimum Gasteiger partial charge on any atom is -0.325 e. The highest BCUT2D eigenvalue weighted by molar-refractivity contribution is 7.99. The first kappa shape index (κ1) is 19.6. The average molecular weight is 401 g/mol. The quantitative estimate of drug-likeness (QED) is 0.503. The predicted molar refractivity (Wildman–Crippen MR) is 107 cm³/mol. The van der Waals surface area contributed by atoms with Gasteiger partial charge in [0.25, 0.3) is 5.56 Å². The zero-order valence-electron chi connectivity index (χ0n) is 15.8. The smallest absolute Gasteiger partial charge is 0.325 e. The van der Waals surface area contributed by atoms with E-state index in [1.54, 1.807) is 42.9 Å². The molecule has 10 heteroatoms. The van der Waals surface area contributed by atoms with Gasteiger partial charge in [-0.25, -0.2) is 9.78 Å². The van der Waals surface area contributed by atoms with E-state index in [-0.39, 0.29) is 23.1 Å². The highest BCUT2D eigenvalue weighted by Crippen LogP contribution is 2.20. The molecule has 1 amide bonds. The number of carbonyl (C=O) groups excluding carboxylic acids is 2. The van der Waals surface area contributed by atoms with Gasteiger partial charge in [0.05, 0.1) is 5.75 Å². The maximum atomic E-state index is 12.4. The van der Waals surface area contributed by atoms with Crippen LogP contribution in [0.4, 0.5) is 5.69 Å². The van der Waals surface area contributed by atoms with Crippen molar-refractivity contribution in [2.75, 3.05) is 11.1 Å². The molecule has 0 spiro atoms. The lowest BCUT2D eigenvalue weighted by molar-refractivity contribution is -0.113. The van der Waals surface area contributed by atoms with Crippen LogP contribution in [0.5, 0.6) is 0 Å². The standard InChI is InChI=1S/C18H19N5O4S/c1-10(24)11-6-5-7-12(8-11)19-13(25)9-28-17-20-15-14(21(17)2)16(26)23(4)18(27)22(15)3/h5-8H,9H2,1-4H3,(H,19,25). The number of thioether (sulfide) groups is 1. The van der Waals surface area contributed by atoms with Crippen LogP contribution < -0.4 is 16.6 Å². The molecule has 0 saturated carbocycles. The van der Waals surface area contributed by atoms with Gasteiger partial charge in [-0.15, -0.1) is 0 Å². The van der Waals surface area contributed by atoms with E-state index in [2.05, 4.69) is 10.3 Å². The number of hydrogen-bond acceptors (Lipinski definition) is 6. The summed E-state index contributed by atoms with van der Waals surface area (Å²) in [6.45, 7) is 1.46. The Morgan fingerprint density at radius 3 is 2.50 bits per heavy atom. The molecule has 0 aliphatic rings. The largest absolute Gasteiger partial charge is 0.332 e. The van der Waals surface area contributed by atoms with Gasteiger partial charge in [-0.05, 0) is 19.1 Å². The Morgan fingerprint density at radius 1 is 1.11 bits per heavy atom. The summed E-state index contributed by atoms with van der Waals surface area (Å²) < 4.78 is 3.90. The van der Waals surface area contributed by atoms with Crippen LogP contribution >= 0.6 is 11.8 Å². The number of ketones is 1. The summed E-state index contributed by atoms with van der Waals surface area (Å²) in [4.78, 5) is 52.5. The van der Waals surface area contributed by atoms with Gasteiger partial charge in [0.1, 0.15) is 0 Å². The first-order valence-corrected chi connectivity index (χ1v) is 9.35. The Morgan fingerprint density at radius 2 is 1.82 bits per heavy atom. The lowest BCUT2D eigenvalue weighted by Crippen LogP contribution is -2.37. The third kappa shape index (κ3) is 3.50. The van der Waals surface area contributed by atoms with Crippen LogP contribution in [0.3, 0.4) is 0 Å². The van der Waals surface area contributed by atoms with E-state index in [0.717, 1.165) is 16.3 Å². The van der Waals surface area contributed by atoms with Crippen molar-refractivity contribution in [3.8, 4) is 0 Å². The fourth-order valence-electron chi connectivity index (χ4n) is 2.77. The Labute approximate surface area is 164 Å². The number of carbonyl (C=O) groups is 2. The molecular formula is C18H19N5O4S. The van der Waals surface area contributed by atoms with Crippen LogP contribution in [0.15, 0.2) is 39.0 Å². The summed E-state index contributed by atoms with van der Waals surface area (Å²) in [6, 6.07) is 6.68. The van der Waals surface area contributed by atoms with Crippen molar-refractivity contribution in [3.05, 3.63) is 50.7 Å². The van der Waals surface area contributed by atoms with Gasteiger partial charge in [0.2, 0.25) is 5.91 Å². The lowest BCUT2D eigenvalue weighted by atomic mass is 10.1. The number of Topliss-reactive ketones (excluding diaryl/α,β-unsaturated/α-hetero) is 1. The minimum absolute atomic E-state index is 0.0513. The SMILES string of the molecule is CC(=O)c1cccc(NC(=O)CSc2nc3c(c(=O)n(C)c(=O)n3C)n2C)c1. The summed E-state index contributed by atoms with van der Waals surface area (Å²) in [7, 11) is 4.62. The molecule has 0 unspecified atom stereocenters. The Bertz CT molecular complexity index is 1220. The summed E-state index contributed by atoms with van der Waals surface area (Å²) in [5.41, 5.74) is 0.701. The highest BCUT2D eigenvalue weighted by atomic mass is 32.2. The van der Waals surface area contributed by atoms with E-state index in [1.807, 2.05) is 0 Å². The molecule has 0 aliphatic carbocycles. The van der Waals surface area contributed by atoms with Crippen LogP contribution in [-0.4, -0.2) is 36.1 Å². The molecule has 2 aromatic heterocycles. The molecule has 146 valence electrons. The second-order valence-corrected chi connectivity index (χ2v) is 7.25.